The number of halogens is 3. The summed E-state index contributed by atoms with van der Waals surface area (Å²) in [6.07, 6.45) is 33.8. The Hall–Kier alpha value is 1.09. The molecule has 0 aromatic rings. The van der Waals surface area contributed by atoms with Crippen molar-refractivity contribution in [2.75, 3.05) is 0 Å². The molecule has 0 spiro atoms. The molecular weight excluding hydrogens is 471 g/mol. The smallest absolute Gasteiger partial charge is 0.126 e. The fourth-order valence-electron chi connectivity index (χ4n) is 7.90. The Balaban J connectivity index is 1.02. The maximum atomic E-state index is 5.92. The van der Waals surface area contributed by atoms with Crippen LogP contribution in [0.4, 0.5) is 0 Å². The Labute approximate surface area is 215 Å². The fourth-order valence-corrected chi connectivity index (χ4v) is 9.75. The van der Waals surface area contributed by atoms with E-state index in [2.05, 4.69) is 0 Å². The van der Waals surface area contributed by atoms with Gasteiger partial charge in [0.1, 0.15) is 0 Å². The first-order chi connectivity index (χ1) is 15.4. The molecule has 4 bridgehead atoms. The lowest BCUT2D eigenvalue weighted by molar-refractivity contribution is -0.0583. The zero-order chi connectivity index (χ0) is 22.7. The van der Waals surface area contributed by atoms with E-state index < -0.39 is 6.00 Å². The van der Waals surface area contributed by atoms with Gasteiger partial charge in [-0.1, -0.05) is 103 Å². The summed E-state index contributed by atoms with van der Waals surface area (Å²) < 4.78 is 0. The van der Waals surface area contributed by atoms with Gasteiger partial charge in [0, 0.05) is 0 Å². The van der Waals surface area contributed by atoms with Crippen molar-refractivity contribution in [2.45, 2.75) is 154 Å². The normalized spacial score (nSPS) is 29.2. The highest BCUT2D eigenvalue weighted by atomic mass is 35.8. The van der Waals surface area contributed by atoms with Gasteiger partial charge in [0.15, 0.2) is 0 Å². The van der Waals surface area contributed by atoms with E-state index in [1.165, 1.54) is 96.3 Å². The molecule has 0 unspecified atom stereocenters. The van der Waals surface area contributed by atoms with Crippen molar-refractivity contribution in [3.05, 3.63) is 0 Å². The van der Waals surface area contributed by atoms with Crippen LogP contribution in [0.15, 0.2) is 0 Å². The van der Waals surface area contributed by atoms with Crippen LogP contribution in [0.2, 0.25) is 6.04 Å². The molecule has 4 heteroatoms. The predicted octanol–water partition coefficient (Wildman–Crippen LogP) is 11.5. The number of unbranched alkanes of at least 4 members (excludes halogenated alkanes) is 15. The zero-order valence-electron chi connectivity index (χ0n) is 20.8. The van der Waals surface area contributed by atoms with Gasteiger partial charge in [-0.2, -0.15) is 0 Å². The summed E-state index contributed by atoms with van der Waals surface area (Å²) in [7, 11) is 0. The second-order valence-corrected chi connectivity index (χ2v) is 21.5. The maximum Gasteiger partial charge on any atom is 0.341 e. The van der Waals surface area contributed by atoms with Gasteiger partial charge in [0.25, 0.3) is 0 Å². The lowest BCUT2D eigenvalue weighted by atomic mass is 9.48. The van der Waals surface area contributed by atoms with E-state index in [0.717, 1.165) is 35.6 Å². The van der Waals surface area contributed by atoms with E-state index in [1.54, 1.807) is 44.9 Å². The minimum absolute atomic E-state index is 0.821. The van der Waals surface area contributed by atoms with Crippen molar-refractivity contribution in [3.63, 3.8) is 0 Å². The molecule has 0 saturated heterocycles. The third-order valence-electron chi connectivity index (χ3n) is 9.08. The van der Waals surface area contributed by atoms with Crippen molar-refractivity contribution in [1.29, 1.82) is 0 Å². The van der Waals surface area contributed by atoms with Gasteiger partial charge in [0.2, 0.25) is 0 Å². The van der Waals surface area contributed by atoms with Crippen molar-refractivity contribution in [2.24, 2.45) is 23.2 Å². The Morgan fingerprint density at radius 2 is 0.781 bits per heavy atom. The van der Waals surface area contributed by atoms with Gasteiger partial charge in [-0.15, -0.1) is 33.2 Å². The van der Waals surface area contributed by atoms with Crippen LogP contribution in [0, 0.1) is 23.2 Å². The van der Waals surface area contributed by atoms with Crippen molar-refractivity contribution in [3.8, 4) is 0 Å². The number of rotatable bonds is 19. The first-order valence-electron chi connectivity index (χ1n) is 14.5. The number of hydrogen-bond acceptors (Lipinski definition) is 0. The van der Waals surface area contributed by atoms with Gasteiger partial charge in [-0.05, 0) is 74.2 Å². The molecule has 0 aromatic carbocycles. The van der Waals surface area contributed by atoms with E-state index >= 15 is 0 Å². The summed E-state index contributed by atoms with van der Waals surface area (Å²) >= 11 is 17.8. The largest absolute Gasteiger partial charge is 0.341 e. The Morgan fingerprint density at radius 1 is 0.469 bits per heavy atom. The molecule has 4 aliphatic rings. The van der Waals surface area contributed by atoms with Crippen LogP contribution in [0.25, 0.3) is 0 Å². The highest BCUT2D eigenvalue weighted by Crippen LogP contribution is 2.61. The zero-order valence-corrected chi connectivity index (χ0v) is 24.1. The number of hydrogen-bond donors (Lipinski definition) is 0. The molecular formula is C28H51Cl3Si. The standard InChI is InChI=1S/C28H51Cl3Si/c29-32(30,31)18-16-14-12-10-8-6-4-2-1-3-5-7-9-11-13-15-17-28-22-25-19-26(23-28)21-27(20-25)24-28/h25-27H,1-24H2. The molecule has 4 rings (SSSR count). The Bertz CT molecular complexity index is 466. The highest BCUT2D eigenvalue weighted by Gasteiger charge is 2.50. The van der Waals surface area contributed by atoms with Crippen molar-refractivity contribution >= 4 is 39.2 Å². The molecule has 32 heavy (non-hydrogen) atoms. The molecule has 0 atom stereocenters. The van der Waals surface area contributed by atoms with Crippen LogP contribution >= 0.6 is 33.2 Å². The highest BCUT2D eigenvalue weighted by molar-refractivity contribution is 7.64. The van der Waals surface area contributed by atoms with Crippen molar-refractivity contribution < 1.29 is 0 Å². The summed E-state index contributed by atoms with van der Waals surface area (Å²) in [5.41, 5.74) is 0.821. The van der Waals surface area contributed by atoms with Crippen LogP contribution in [-0.4, -0.2) is 6.00 Å². The first kappa shape index (κ1) is 27.7. The Morgan fingerprint density at radius 3 is 1.12 bits per heavy atom. The summed E-state index contributed by atoms with van der Waals surface area (Å²) in [6.45, 7) is 0. The summed E-state index contributed by atoms with van der Waals surface area (Å²) in [6, 6.07) is -1.53. The SMILES string of the molecule is Cl[Si](Cl)(Cl)CCCCCCCCCCCCCCCCCCC12CC3CC(CC(C3)C1)C2. The van der Waals surface area contributed by atoms with Gasteiger partial charge in [-0.25, -0.2) is 0 Å². The second-order valence-electron chi connectivity index (χ2n) is 12.2. The van der Waals surface area contributed by atoms with E-state index in [0.29, 0.717) is 0 Å². The fraction of sp³-hybridized carbons (Fsp3) is 1.00. The van der Waals surface area contributed by atoms with E-state index in [-0.39, 0.29) is 0 Å². The first-order valence-corrected chi connectivity index (χ1v) is 19.8. The second kappa shape index (κ2) is 14.6. The van der Waals surface area contributed by atoms with E-state index in [1.807, 2.05) is 0 Å². The molecule has 4 aliphatic carbocycles. The minimum Gasteiger partial charge on any atom is -0.126 e. The lowest BCUT2D eigenvalue weighted by Crippen LogP contribution is -2.45. The van der Waals surface area contributed by atoms with E-state index in [4.69, 9.17) is 33.2 Å². The quantitative estimate of drug-likeness (QED) is 0.0900. The van der Waals surface area contributed by atoms with Crippen LogP contribution in [0.1, 0.15) is 148 Å². The maximum absolute atomic E-state index is 5.92. The summed E-state index contributed by atoms with van der Waals surface area (Å²) in [5, 5.41) is 0. The van der Waals surface area contributed by atoms with Gasteiger partial charge < -0.3 is 0 Å². The average molecular weight is 522 g/mol. The van der Waals surface area contributed by atoms with Gasteiger partial charge in [-0.3, -0.25) is 0 Å². The monoisotopic (exact) mass is 520 g/mol. The molecule has 188 valence electrons. The molecule has 0 aliphatic heterocycles. The molecule has 0 radical (unpaired) electrons. The van der Waals surface area contributed by atoms with Gasteiger partial charge >= 0.3 is 6.00 Å². The average Bonchev–Trinajstić information content (AvgIpc) is 2.71. The van der Waals surface area contributed by atoms with Crippen LogP contribution in [-0.2, 0) is 0 Å². The Kier molecular flexibility index (Phi) is 12.6. The molecule has 0 nitrogen and oxygen atoms in total. The molecule has 0 aromatic heterocycles. The summed E-state index contributed by atoms with van der Waals surface area (Å²) in [4.78, 5) is 0. The third-order valence-corrected chi connectivity index (χ3v) is 11.7. The molecule has 0 amide bonds. The molecule has 0 heterocycles. The molecule has 4 saturated carbocycles. The van der Waals surface area contributed by atoms with Gasteiger partial charge in [0.05, 0.1) is 0 Å². The lowest BCUT2D eigenvalue weighted by Gasteiger charge is -2.57. The predicted molar refractivity (Wildman–Crippen MR) is 147 cm³/mol. The van der Waals surface area contributed by atoms with Crippen molar-refractivity contribution in [1.82, 2.24) is 0 Å². The molecule has 4 fully saturated rings. The van der Waals surface area contributed by atoms with E-state index in [9.17, 15) is 0 Å². The minimum atomic E-state index is -2.36. The third kappa shape index (κ3) is 10.8. The molecule has 0 N–H and O–H groups in total. The van der Waals surface area contributed by atoms with Crippen LogP contribution in [0.5, 0.6) is 0 Å². The van der Waals surface area contributed by atoms with Crippen LogP contribution < -0.4 is 0 Å². The summed E-state index contributed by atoms with van der Waals surface area (Å²) in [5.74, 6) is 3.40. The topological polar surface area (TPSA) is 0 Å². The van der Waals surface area contributed by atoms with Crippen LogP contribution in [0.3, 0.4) is 0 Å².